The van der Waals surface area contributed by atoms with Crippen LogP contribution in [-0.2, 0) is 10.0 Å². The number of sulfonamides is 1. The van der Waals surface area contributed by atoms with Crippen LogP contribution in [0.1, 0.15) is 16.8 Å². The second-order valence-corrected chi connectivity index (χ2v) is 7.02. The molecule has 0 unspecified atom stereocenters. The summed E-state index contributed by atoms with van der Waals surface area (Å²) in [7, 11) is -0.229. The first-order valence-corrected chi connectivity index (χ1v) is 8.67. The molecule has 0 bridgehead atoms. The van der Waals surface area contributed by atoms with Gasteiger partial charge in [-0.3, -0.25) is 14.9 Å². The summed E-state index contributed by atoms with van der Waals surface area (Å²) in [5, 5.41) is 16.2. The molecule has 1 amide bonds. The van der Waals surface area contributed by atoms with E-state index in [-0.39, 0.29) is 24.3 Å². The highest BCUT2D eigenvalue weighted by atomic mass is 32.2. The number of nitrogens with one attached hydrogen (secondary N) is 2. The first-order chi connectivity index (χ1) is 10.7. The van der Waals surface area contributed by atoms with Gasteiger partial charge in [-0.1, -0.05) is 0 Å². The minimum absolute atomic E-state index is 0.173. The molecule has 0 saturated carbocycles. The summed E-state index contributed by atoms with van der Waals surface area (Å²) in [6, 6.07) is 4.14. The Balaban J connectivity index is 2.62. The molecule has 128 valence electrons. The van der Waals surface area contributed by atoms with Crippen molar-refractivity contribution in [1.82, 2.24) is 9.62 Å². The van der Waals surface area contributed by atoms with Gasteiger partial charge in [0.1, 0.15) is 5.69 Å². The highest BCUT2D eigenvalue weighted by Crippen LogP contribution is 2.24. The summed E-state index contributed by atoms with van der Waals surface area (Å²) in [4.78, 5) is 22.4. The fourth-order valence-corrected chi connectivity index (χ4v) is 2.27. The third-order valence-corrected chi connectivity index (χ3v) is 4.54. The first-order valence-electron chi connectivity index (χ1n) is 6.82. The number of anilines is 1. The van der Waals surface area contributed by atoms with Gasteiger partial charge >= 0.3 is 0 Å². The predicted molar refractivity (Wildman–Crippen MR) is 87.1 cm³/mol. The molecule has 0 spiro atoms. The normalized spacial score (nSPS) is 11.3. The lowest BCUT2D eigenvalue weighted by molar-refractivity contribution is -0.384. The summed E-state index contributed by atoms with van der Waals surface area (Å²) >= 11 is 0. The van der Waals surface area contributed by atoms with Gasteiger partial charge in [0, 0.05) is 38.8 Å². The molecule has 9 nitrogen and oxygen atoms in total. The molecule has 1 aromatic rings. The smallest absolute Gasteiger partial charge is 0.293 e. The Morgan fingerprint density at radius 3 is 2.57 bits per heavy atom. The number of nitro groups is 1. The van der Waals surface area contributed by atoms with E-state index < -0.39 is 20.9 Å². The van der Waals surface area contributed by atoms with E-state index in [1.54, 1.807) is 7.05 Å². The van der Waals surface area contributed by atoms with Crippen molar-refractivity contribution in [2.45, 2.75) is 6.42 Å². The Morgan fingerprint density at radius 2 is 2.04 bits per heavy atom. The molecule has 2 N–H and O–H groups in total. The topological polar surface area (TPSA) is 122 Å². The van der Waals surface area contributed by atoms with Crippen molar-refractivity contribution in [3.8, 4) is 0 Å². The standard InChI is InChI=1S/C13H20N4O5S/c1-14-11-6-5-10(9-12(11)17(19)20)13(18)15-7-4-8-16(2)23(3,21)22/h5-6,9,14H,4,7-8H2,1-3H3,(H,15,18). The Kier molecular flexibility index (Phi) is 6.46. The van der Waals surface area contributed by atoms with Gasteiger partial charge in [-0.05, 0) is 18.6 Å². The van der Waals surface area contributed by atoms with Crippen molar-refractivity contribution in [1.29, 1.82) is 0 Å². The molecule has 23 heavy (non-hydrogen) atoms. The number of hydrogen-bond acceptors (Lipinski definition) is 6. The monoisotopic (exact) mass is 344 g/mol. The molecule has 0 aliphatic carbocycles. The molecule has 0 aliphatic heterocycles. The van der Waals surface area contributed by atoms with Crippen LogP contribution in [0.3, 0.4) is 0 Å². The van der Waals surface area contributed by atoms with Crippen LogP contribution >= 0.6 is 0 Å². The Morgan fingerprint density at radius 1 is 1.39 bits per heavy atom. The zero-order valence-electron chi connectivity index (χ0n) is 13.2. The minimum Gasteiger partial charge on any atom is -0.383 e. The highest BCUT2D eigenvalue weighted by Gasteiger charge is 2.16. The molecule has 1 aromatic carbocycles. The van der Waals surface area contributed by atoms with E-state index in [1.807, 2.05) is 0 Å². The molecular weight excluding hydrogens is 324 g/mol. The third kappa shape index (κ3) is 5.49. The first kappa shape index (κ1) is 18.8. The maximum Gasteiger partial charge on any atom is 0.293 e. The van der Waals surface area contributed by atoms with E-state index in [0.717, 1.165) is 6.26 Å². The lowest BCUT2D eigenvalue weighted by Crippen LogP contribution is -2.30. The molecule has 0 aliphatic rings. The number of hydrogen-bond donors (Lipinski definition) is 2. The Labute approximate surface area is 134 Å². The van der Waals surface area contributed by atoms with Crippen molar-refractivity contribution >= 4 is 27.3 Å². The molecule has 0 saturated heterocycles. The van der Waals surface area contributed by atoms with Crippen molar-refractivity contribution in [3.05, 3.63) is 33.9 Å². The number of nitro benzene ring substituents is 1. The van der Waals surface area contributed by atoms with E-state index >= 15 is 0 Å². The second kappa shape index (κ2) is 7.88. The molecule has 10 heteroatoms. The zero-order valence-corrected chi connectivity index (χ0v) is 14.0. The number of carbonyl (C=O) groups excluding carboxylic acids is 1. The maximum absolute atomic E-state index is 12.0. The van der Waals surface area contributed by atoms with E-state index in [4.69, 9.17) is 0 Å². The SMILES string of the molecule is CNc1ccc(C(=O)NCCCN(C)S(C)(=O)=O)cc1[N+](=O)[O-]. The third-order valence-electron chi connectivity index (χ3n) is 3.23. The van der Waals surface area contributed by atoms with Crippen LogP contribution in [0.2, 0.25) is 0 Å². The van der Waals surface area contributed by atoms with Crippen LogP contribution in [-0.4, -0.2) is 57.0 Å². The summed E-state index contributed by atoms with van der Waals surface area (Å²) in [6.45, 7) is 0.540. The van der Waals surface area contributed by atoms with Gasteiger partial charge < -0.3 is 10.6 Å². The summed E-state index contributed by atoms with van der Waals surface area (Å²) in [5.74, 6) is -0.447. The number of rotatable bonds is 8. The molecule has 0 radical (unpaired) electrons. The molecule has 0 aromatic heterocycles. The zero-order chi connectivity index (χ0) is 17.6. The van der Waals surface area contributed by atoms with Crippen LogP contribution in [0.15, 0.2) is 18.2 Å². The predicted octanol–water partition coefficient (Wildman–Crippen LogP) is 0.648. The number of carbonyl (C=O) groups is 1. The van der Waals surface area contributed by atoms with E-state index in [1.165, 1.54) is 29.6 Å². The van der Waals surface area contributed by atoms with Gasteiger partial charge in [-0.25, -0.2) is 12.7 Å². The van der Waals surface area contributed by atoms with Crippen LogP contribution in [0, 0.1) is 10.1 Å². The second-order valence-electron chi connectivity index (χ2n) is 4.93. The van der Waals surface area contributed by atoms with Gasteiger partial charge in [-0.15, -0.1) is 0 Å². The molecule has 1 rings (SSSR count). The van der Waals surface area contributed by atoms with Crippen LogP contribution in [0.4, 0.5) is 11.4 Å². The van der Waals surface area contributed by atoms with Crippen molar-refractivity contribution in [2.24, 2.45) is 0 Å². The molecule has 0 fully saturated rings. The summed E-state index contributed by atoms with van der Waals surface area (Å²) in [5.41, 5.74) is 0.311. The summed E-state index contributed by atoms with van der Waals surface area (Å²) in [6.07, 6.45) is 1.54. The van der Waals surface area contributed by atoms with E-state index in [0.29, 0.717) is 12.1 Å². The fraction of sp³-hybridized carbons (Fsp3) is 0.462. The lowest BCUT2D eigenvalue weighted by Gasteiger charge is -2.13. The van der Waals surface area contributed by atoms with Crippen molar-refractivity contribution in [2.75, 3.05) is 38.8 Å². The highest BCUT2D eigenvalue weighted by molar-refractivity contribution is 7.88. The molecule has 0 atom stereocenters. The average molecular weight is 344 g/mol. The maximum atomic E-state index is 12.0. The number of amides is 1. The minimum atomic E-state index is -3.24. The largest absolute Gasteiger partial charge is 0.383 e. The Bertz CT molecular complexity index is 690. The van der Waals surface area contributed by atoms with Crippen molar-refractivity contribution in [3.63, 3.8) is 0 Å². The van der Waals surface area contributed by atoms with Gasteiger partial charge in [0.2, 0.25) is 10.0 Å². The summed E-state index contributed by atoms with van der Waals surface area (Å²) < 4.78 is 23.6. The van der Waals surface area contributed by atoms with Gasteiger partial charge in [0.25, 0.3) is 11.6 Å². The number of benzene rings is 1. The van der Waals surface area contributed by atoms with E-state index in [9.17, 15) is 23.3 Å². The Hall–Kier alpha value is -2.20. The van der Waals surface area contributed by atoms with Crippen LogP contribution < -0.4 is 10.6 Å². The van der Waals surface area contributed by atoms with Crippen LogP contribution in [0.5, 0.6) is 0 Å². The van der Waals surface area contributed by atoms with Gasteiger partial charge in [-0.2, -0.15) is 0 Å². The average Bonchev–Trinajstić information content (AvgIpc) is 2.49. The molecular formula is C13H20N4O5S. The van der Waals surface area contributed by atoms with Crippen LogP contribution in [0.25, 0.3) is 0 Å². The van der Waals surface area contributed by atoms with Crippen molar-refractivity contribution < 1.29 is 18.1 Å². The fourth-order valence-electron chi connectivity index (χ4n) is 1.81. The quantitative estimate of drug-likeness (QED) is 0.406. The van der Waals surface area contributed by atoms with Gasteiger partial charge in [0.15, 0.2) is 0 Å². The molecule has 0 heterocycles. The lowest BCUT2D eigenvalue weighted by atomic mass is 10.1. The van der Waals surface area contributed by atoms with E-state index in [2.05, 4.69) is 10.6 Å². The number of nitrogens with zero attached hydrogens (tertiary/aromatic N) is 2. The van der Waals surface area contributed by atoms with Gasteiger partial charge in [0.05, 0.1) is 11.2 Å².